The third-order valence-corrected chi connectivity index (χ3v) is 2.93. The minimum Gasteiger partial charge on any atom is -0.462 e. The molecule has 1 aromatic heterocycles. The molecule has 7 heteroatoms. The van der Waals surface area contributed by atoms with E-state index in [0.29, 0.717) is 0 Å². The zero-order valence-electron chi connectivity index (χ0n) is 8.84. The van der Waals surface area contributed by atoms with Crippen LogP contribution >= 0.6 is 27.5 Å². The van der Waals surface area contributed by atoms with Crippen molar-refractivity contribution in [2.24, 2.45) is 0 Å². The average molecular weight is 329 g/mol. The van der Waals surface area contributed by atoms with E-state index in [1.807, 2.05) is 0 Å². The Balaban J connectivity index is 3.32. The smallest absolute Gasteiger partial charge is 0.340 e. The van der Waals surface area contributed by atoms with Crippen molar-refractivity contribution in [3.63, 3.8) is 0 Å². The highest BCUT2D eigenvalue weighted by Gasteiger charge is 2.24. The standard InChI is InChI=1S/C10H9BrClF2NO2/c1-2-17-10(16)6-4-15-8(11)7(9(13)14)5(6)3-12/h4,9H,2-3H2,1H3. The van der Waals surface area contributed by atoms with Gasteiger partial charge in [-0.2, -0.15) is 0 Å². The van der Waals surface area contributed by atoms with Gasteiger partial charge in [0, 0.05) is 12.1 Å². The molecule has 0 aliphatic carbocycles. The van der Waals surface area contributed by atoms with Crippen molar-refractivity contribution in [3.8, 4) is 0 Å². The minimum atomic E-state index is -2.76. The van der Waals surface area contributed by atoms with E-state index in [2.05, 4.69) is 20.9 Å². The Morgan fingerprint density at radius 2 is 2.29 bits per heavy atom. The summed E-state index contributed by atoms with van der Waals surface area (Å²) < 4.78 is 30.4. The Bertz CT molecular complexity index is 429. The van der Waals surface area contributed by atoms with Crippen LogP contribution in [0.5, 0.6) is 0 Å². The van der Waals surface area contributed by atoms with Gasteiger partial charge in [0.2, 0.25) is 0 Å². The van der Waals surface area contributed by atoms with Crippen molar-refractivity contribution >= 4 is 33.5 Å². The minimum absolute atomic E-state index is 0.0174. The van der Waals surface area contributed by atoms with Crippen molar-refractivity contribution in [3.05, 3.63) is 27.5 Å². The van der Waals surface area contributed by atoms with Gasteiger partial charge in [0.15, 0.2) is 0 Å². The Hall–Kier alpha value is -0.750. The molecule has 0 aliphatic heterocycles. The van der Waals surface area contributed by atoms with E-state index < -0.39 is 12.4 Å². The summed E-state index contributed by atoms with van der Waals surface area (Å²) in [5, 5.41) is 0. The summed E-state index contributed by atoms with van der Waals surface area (Å²) in [4.78, 5) is 15.2. The molecule has 94 valence electrons. The van der Waals surface area contributed by atoms with Crippen LogP contribution in [0.3, 0.4) is 0 Å². The second-order valence-corrected chi connectivity index (χ2v) is 4.03. The molecule has 0 spiro atoms. The lowest BCUT2D eigenvalue weighted by molar-refractivity contribution is 0.0524. The molecule has 0 radical (unpaired) electrons. The molecule has 0 fully saturated rings. The van der Waals surface area contributed by atoms with Gasteiger partial charge < -0.3 is 4.74 Å². The molecular weight excluding hydrogens is 319 g/mol. The molecular formula is C10H9BrClF2NO2. The topological polar surface area (TPSA) is 39.2 Å². The van der Waals surface area contributed by atoms with Crippen LogP contribution < -0.4 is 0 Å². The first kappa shape index (κ1) is 14.3. The summed E-state index contributed by atoms with van der Waals surface area (Å²) in [6.45, 7) is 1.78. The fourth-order valence-corrected chi connectivity index (χ4v) is 2.09. The highest BCUT2D eigenvalue weighted by atomic mass is 79.9. The number of esters is 1. The lowest BCUT2D eigenvalue weighted by Crippen LogP contribution is -2.11. The maximum absolute atomic E-state index is 12.8. The van der Waals surface area contributed by atoms with Crippen LogP contribution in [0.1, 0.15) is 34.8 Å². The van der Waals surface area contributed by atoms with Crippen molar-refractivity contribution < 1.29 is 18.3 Å². The molecule has 0 saturated heterocycles. The Morgan fingerprint density at radius 1 is 1.65 bits per heavy atom. The normalized spacial score (nSPS) is 10.7. The predicted molar refractivity (Wildman–Crippen MR) is 62.4 cm³/mol. The number of nitrogens with zero attached hydrogens (tertiary/aromatic N) is 1. The van der Waals surface area contributed by atoms with Gasteiger partial charge in [-0.3, -0.25) is 0 Å². The quantitative estimate of drug-likeness (QED) is 0.481. The van der Waals surface area contributed by atoms with Crippen LogP contribution in [-0.4, -0.2) is 17.6 Å². The number of carbonyl (C=O) groups excluding carboxylic acids is 1. The molecule has 1 aromatic rings. The van der Waals surface area contributed by atoms with Gasteiger partial charge in [0.05, 0.1) is 17.7 Å². The lowest BCUT2D eigenvalue weighted by Gasteiger charge is -2.12. The first-order chi connectivity index (χ1) is 8.02. The number of carbonyl (C=O) groups is 1. The third kappa shape index (κ3) is 3.13. The van der Waals surface area contributed by atoms with Crippen LogP contribution in [0.4, 0.5) is 8.78 Å². The molecule has 0 atom stereocenters. The molecule has 0 aliphatic rings. The second-order valence-electron chi connectivity index (χ2n) is 3.01. The molecule has 3 nitrogen and oxygen atoms in total. The summed E-state index contributed by atoms with van der Waals surface area (Å²) in [6, 6.07) is 0. The van der Waals surface area contributed by atoms with Gasteiger partial charge in [-0.1, -0.05) is 0 Å². The van der Waals surface area contributed by atoms with E-state index in [-0.39, 0.29) is 33.8 Å². The van der Waals surface area contributed by atoms with Gasteiger partial charge in [0.25, 0.3) is 6.43 Å². The highest BCUT2D eigenvalue weighted by molar-refractivity contribution is 9.10. The Labute approximate surface area is 110 Å². The fraction of sp³-hybridized carbons (Fsp3) is 0.400. The number of ether oxygens (including phenoxy) is 1. The van der Waals surface area contributed by atoms with E-state index in [4.69, 9.17) is 16.3 Å². The molecule has 0 saturated carbocycles. The molecule has 17 heavy (non-hydrogen) atoms. The summed E-state index contributed by atoms with van der Waals surface area (Å²) >= 11 is 8.52. The van der Waals surface area contributed by atoms with Crippen LogP contribution in [-0.2, 0) is 10.6 Å². The van der Waals surface area contributed by atoms with Gasteiger partial charge in [-0.25, -0.2) is 18.6 Å². The van der Waals surface area contributed by atoms with E-state index in [0.717, 1.165) is 0 Å². The number of hydrogen-bond donors (Lipinski definition) is 0. The maximum atomic E-state index is 12.8. The van der Waals surface area contributed by atoms with E-state index in [1.165, 1.54) is 6.20 Å². The lowest BCUT2D eigenvalue weighted by atomic mass is 10.1. The Morgan fingerprint density at radius 3 is 2.76 bits per heavy atom. The van der Waals surface area contributed by atoms with Gasteiger partial charge >= 0.3 is 5.97 Å². The second kappa shape index (κ2) is 6.26. The fourth-order valence-electron chi connectivity index (χ4n) is 1.29. The highest BCUT2D eigenvalue weighted by Crippen LogP contribution is 2.32. The zero-order valence-corrected chi connectivity index (χ0v) is 11.2. The first-order valence-corrected chi connectivity index (χ1v) is 6.04. The van der Waals surface area contributed by atoms with Crippen LogP contribution in [0.2, 0.25) is 0 Å². The van der Waals surface area contributed by atoms with Gasteiger partial charge in [0.1, 0.15) is 4.60 Å². The van der Waals surface area contributed by atoms with Crippen molar-refractivity contribution in [2.45, 2.75) is 19.2 Å². The maximum Gasteiger partial charge on any atom is 0.340 e. The number of aromatic nitrogens is 1. The number of rotatable bonds is 4. The largest absolute Gasteiger partial charge is 0.462 e. The Kier molecular flexibility index (Phi) is 5.27. The van der Waals surface area contributed by atoms with Crippen LogP contribution in [0.15, 0.2) is 10.8 Å². The monoisotopic (exact) mass is 327 g/mol. The molecule has 0 bridgehead atoms. The van der Waals surface area contributed by atoms with E-state index in [9.17, 15) is 13.6 Å². The summed E-state index contributed by atoms with van der Waals surface area (Å²) in [6.07, 6.45) is -1.59. The number of halogens is 4. The molecule has 0 amide bonds. The SMILES string of the molecule is CCOC(=O)c1cnc(Br)c(C(F)F)c1CCl. The number of pyridine rings is 1. The van der Waals surface area contributed by atoms with Crippen molar-refractivity contribution in [1.29, 1.82) is 0 Å². The summed E-state index contributed by atoms with van der Waals surface area (Å²) in [7, 11) is 0. The molecule has 0 unspecified atom stereocenters. The molecule has 1 heterocycles. The van der Waals surface area contributed by atoms with Crippen LogP contribution in [0, 0.1) is 0 Å². The number of hydrogen-bond acceptors (Lipinski definition) is 3. The van der Waals surface area contributed by atoms with E-state index in [1.54, 1.807) is 6.92 Å². The molecule has 0 N–H and O–H groups in total. The zero-order chi connectivity index (χ0) is 13.0. The predicted octanol–water partition coefficient (Wildman–Crippen LogP) is 3.70. The summed E-state index contributed by atoms with van der Waals surface area (Å²) in [5.41, 5.74) is -0.354. The first-order valence-electron chi connectivity index (χ1n) is 4.71. The van der Waals surface area contributed by atoms with Crippen LogP contribution in [0.25, 0.3) is 0 Å². The van der Waals surface area contributed by atoms with Gasteiger partial charge in [-0.05, 0) is 28.4 Å². The molecule has 1 rings (SSSR count). The third-order valence-electron chi connectivity index (χ3n) is 2.03. The molecule has 0 aromatic carbocycles. The summed E-state index contributed by atoms with van der Waals surface area (Å²) in [5.74, 6) is -0.917. The van der Waals surface area contributed by atoms with Crippen molar-refractivity contribution in [2.75, 3.05) is 6.61 Å². The number of alkyl halides is 3. The average Bonchev–Trinajstić information content (AvgIpc) is 2.27. The van der Waals surface area contributed by atoms with Crippen molar-refractivity contribution in [1.82, 2.24) is 4.98 Å². The van der Waals surface area contributed by atoms with E-state index >= 15 is 0 Å². The van der Waals surface area contributed by atoms with Gasteiger partial charge in [-0.15, -0.1) is 11.6 Å².